The van der Waals surface area contributed by atoms with E-state index in [-0.39, 0.29) is 35.0 Å². The number of ether oxygens (including phenoxy) is 1. The Balaban J connectivity index is 0.00000220. The fourth-order valence-electron chi connectivity index (χ4n) is 2.30. The largest absolute Gasteiger partial charge is 0.433 e. The van der Waals surface area contributed by atoms with Crippen LogP contribution in [0.1, 0.15) is 27.9 Å². The van der Waals surface area contributed by atoms with Gasteiger partial charge in [0.15, 0.2) is 0 Å². The molecule has 0 radical (unpaired) electrons. The first kappa shape index (κ1) is 18.1. The van der Waals surface area contributed by atoms with Gasteiger partial charge >= 0.3 is 6.61 Å². The molecular weight excluding hydrogens is 322 g/mol. The molecule has 1 aliphatic rings. The third kappa shape index (κ3) is 4.79. The van der Waals surface area contributed by atoms with Crippen LogP contribution in [0.15, 0.2) is 6.07 Å². The minimum atomic E-state index is -2.92. The van der Waals surface area contributed by atoms with Crippen LogP contribution in [0, 0.1) is 12.8 Å². The molecule has 0 bridgehead atoms. The summed E-state index contributed by atoms with van der Waals surface area (Å²) in [5.74, 6) is -0.0627. The lowest BCUT2D eigenvalue weighted by Crippen LogP contribution is -2.48. The summed E-state index contributed by atoms with van der Waals surface area (Å²) in [6.07, 6.45) is 0.836. The van der Waals surface area contributed by atoms with Gasteiger partial charge in [-0.3, -0.25) is 4.79 Å². The maximum Gasteiger partial charge on any atom is 0.387 e. The highest BCUT2D eigenvalue weighted by atomic mass is 35.5. The molecule has 1 fully saturated rings. The summed E-state index contributed by atoms with van der Waals surface area (Å²) in [5.41, 5.74) is 0. The number of thiophene rings is 1. The molecule has 0 aliphatic carbocycles. The number of aryl methyl sites for hydroxylation is 1. The summed E-state index contributed by atoms with van der Waals surface area (Å²) in [4.78, 5) is 13.2. The van der Waals surface area contributed by atoms with E-state index in [1.807, 2.05) is 6.92 Å². The molecule has 8 heteroatoms. The smallest absolute Gasteiger partial charge is 0.387 e. The van der Waals surface area contributed by atoms with Crippen LogP contribution >= 0.6 is 23.7 Å². The highest BCUT2D eigenvalue weighted by molar-refractivity contribution is 7.14. The van der Waals surface area contributed by atoms with E-state index in [9.17, 15) is 13.6 Å². The molecule has 2 N–H and O–H groups in total. The van der Waals surface area contributed by atoms with Crippen LogP contribution < -0.4 is 15.4 Å². The molecule has 0 aromatic carbocycles. The maximum absolute atomic E-state index is 12.3. The van der Waals surface area contributed by atoms with Gasteiger partial charge in [0.25, 0.3) is 5.91 Å². The van der Waals surface area contributed by atoms with Crippen molar-refractivity contribution in [3.8, 4) is 5.75 Å². The molecule has 21 heavy (non-hydrogen) atoms. The quantitative estimate of drug-likeness (QED) is 0.886. The van der Waals surface area contributed by atoms with E-state index in [1.165, 1.54) is 17.4 Å². The van der Waals surface area contributed by atoms with Crippen molar-refractivity contribution < 1.29 is 18.3 Å². The van der Waals surface area contributed by atoms with Gasteiger partial charge in [0, 0.05) is 10.9 Å². The average molecular weight is 341 g/mol. The van der Waals surface area contributed by atoms with Crippen molar-refractivity contribution in [2.75, 3.05) is 13.1 Å². The van der Waals surface area contributed by atoms with E-state index >= 15 is 0 Å². The number of hydrogen-bond donors (Lipinski definition) is 2. The Morgan fingerprint density at radius 3 is 2.90 bits per heavy atom. The summed E-state index contributed by atoms with van der Waals surface area (Å²) in [6.45, 7) is 2.57. The summed E-state index contributed by atoms with van der Waals surface area (Å²) < 4.78 is 29.1. The first-order valence-corrected chi connectivity index (χ1v) is 7.36. The summed E-state index contributed by atoms with van der Waals surface area (Å²) in [6, 6.07) is 1.53. The van der Waals surface area contributed by atoms with Gasteiger partial charge in [0.2, 0.25) is 0 Å². The Labute approximate surface area is 132 Å². The normalized spacial score (nSPS) is 21.8. The molecule has 1 aliphatic heterocycles. The fraction of sp³-hybridized carbons (Fsp3) is 0.615. The first-order chi connectivity index (χ1) is 9.47. The number of rotatable bonds is 4. The predicted octanol–water partition coefficient (Wildman–Crippen LogP) is 2.81. The summed E-state index contributed by atoms with van der Waals surface area (Å²) in [5, 5.41) is 6.17. The molecule has 4 nitrogen and oxygen atoms in total. The monoisotopic (exact) mass is 340 g/mol. The van der Waals surface area contributed by atoms with Crippen LogP contribution in [-0.2, 0) is 0 Å². The number of halogens is 3. The Bertz CT molecular complexity index is 485. The average Bonchev–Trinajstić information content (AvgIpc) is 2.72. The lowest BCUT2D eigenvalue weighted by molar-refractivity contribution is -0.0498. The van der Waals surface area contributed by atoms with Crippen LogP contribution in [0.5, 0.6) is 5.75 Å². The second-order valence-corrected chi connectivity index (χ2v) is 6.24. The van der Waals surface area contributed by atoms with Gasteiger partial charge in [-0.05, 0) is 38.4 Å². The van der Waals surface area contributed by atoms with Crippen molar-refractivity contribution in [2.24, 2.45) is 5.92 Å². The van der Waals surface area contributed by atoms with E-state index in [0.717, 1.165) is 24.4 Å². The first-order valence-electron chi connectivity index (χ1n) is 6.54. The molecule has 0 spiro atoms. The molecule has 1 saturated heterocycles. The highest BCUT2D eigenvalue weighted by Gasteiger charge is 2.26. The number of amides is 1. The highest BCUT2D eigenvalue weighted by Crippen LogP contribution is 2.30. The zero-order valence-corrected chi connectivity index (χ0v) is 13.5. The van der Waals surface area contributed by atoms with Crippen LogP contribution in [0.4, 0.5) is 8.78 Å². The Morgan fingerprint density at radius 2 is 2.29 bits per heavy atom. The van der Waals surface area contributed by atoms with Gasteiger partial charge in [-0.2, -0.15) is 8.78 Å². The fourth-order valence-corrected chi connectivity index (χ4v) is 3.14. The standard InChI is InChI=1S/C13H18F2N2O2S.ClH/c1-7-6-16-4-3-9(7)17-12(18)11-10(19-13(14)15)5-8(2)20-11;/h5,7,9,13,16H,3-4,6H2,1-2H3,(H,17,18);1H. The third-order valence-electron chi connectivity index (χ3n) is 3.35. The van der Waals surface area contributed by atoms with E-state index in [4.69, 9.17) is 0 Å². The van der Waals surface area contributed by atoms with E-state index in [0.29, 0.717) is 5.92 Å². The molecule has 1 aromatic rings. The molecule has 2 heterocycles. The molecule has 2 atom stereocenters. The number of carbonyl (C=O) groups is 1. The Kier molecular flexibility index (Phi) is 6.83. The second-order valence-electron chi connectivity index (χ2n) is 4.98. The number of nitrogens with one attached hydrogen (secondary N) is 2. The summed E-state index contributed by atoms with van der Waals surface area (Å²) >= 11 is 1.17. The minimum absolute atomic E-state index is 0. The van der Waals surface area contributed by atoms with Crippen LogP contribution in [-0.4, -0.2) is 31.7 Å². The van der Waals surface area contributed by atoms with E-state index < -0.39 is 6.61 Å². The van der Waals surface area contributed by atoms with Gasteiger partial charge in [-0.15, -0.1) is 23.7 Å². The molecule has 0 saturated carbocycles. The van der Waals surface area contributed by atoms with Crippen LogP contribution in [0.2, 0.25) is 0 Å². The molecule has 2 rings (SSSR count). The predicted molar refractivity (Wildman–Crippen MR) is 80.8 cm³/mol. The van der Waals surface area contributed by atoms with Crippen molar-refractivity contribution in [2.45, 2.75) is 32.9 Å². The number of alkyl halides is 2. The van der Waals surface area contributed by atoms with E-state index in [2.05, 4.69) is 15.4 Å². The van der Waals surface area contributed by atoms with Crippen molar-refractivity contribution in [3.63, 3.8) is 0 Å². The molecular formula is C13H19ClF2N2O2S. The lowest BCUT2D eigenvalue weighted by atomic mass is 9.95. The lowest BCUT2D eigenvalue weighted by Gasteiger charge is -2.30. The van der Waals surface area contributed by atoms with Crippen molar-refractivity contribution >= 4 is 29.7 Å². The Morgan fingerprint density at radius 1 is 1.57 bits per heavy atom. The topological polar surface area (TPSA) is 50.4 Å². The third-order valence-corrected chi connectivity index (χ3v) is 4.38. The Hall–Kier alpha value is -0.920. The van der Waals surface area contributed by atoms with Crippen LogP contribution in [0.3, 0.4) is 0 Å². The zero-order chi connectivity index (χ0) is 14.7. The SMILES string of the molecule is Cc1cc(OC(F)F)c(C(=O)NC2CCNCC2C)s1.Cl. The number of carbonyl (C=O) groups excluding carboxylic acids is 1. The molecule has 120 valence electrons. The van der Waals surface area contributed by atoms with Gasteiger partial charge in [-0.25, -0.2) is 0 Å². The number of hydrogen-bond acceptors (Lipinski definition) is 4. The summed E-state index contributed by atoms with van der Waals surface area (Å²) in [7, 11) is 0. The maximum atomic E-state index is 12.3. The second kappa shape index (κ2) is 7.91. The van der Waals surface area contributed by atoms with Gasteiger partial charge in [-0.1, -0.05) is 6.92 Å². The van der Waals surface area contributed by atoms with Gasteiger partial charge in [0.05, 0.1) is 0 Å². The van der Waals surface area contributed by atoms with Crippen molar-refractivity contribution in [1.29, 1.82) is 0 Å². The van der Waals surface area contributed by atoms with E-state index in [1.54, 1.807) is 6.92 Å². The molecule has 1 amide bonds. The molecule has 1 aromatic heterocycles. The van der Waals surface area contributed by atoms with Gasteiger partial charge in [0.1, 0.15) is 10.6 Å². The van der Waals surface area contributed by atoms with Gasteiger partial charge < -0.3 is 15.4 Å². The van der Waals surface area contributed by atoms with Crippen molar-refractivity contribution in [3.05, 3.63) is 15.8 Å². The molecule has 2 unspecified atom stereocenters. The van der Waals surface area contributed by atoms with Crippen LogP contribution in [0.25, 0.3) is 0 Å². The zero-order valence-electron chi connectivity index (χ0n) is 11.8. The number of piperidine rings is 1. The van der Waals surface area contributed by atoms with Crippen molar-refractivity contribution in [1.82, 2.24) is 10.6 Å². The minimum Gasteiger partial charge on any atom is -0.433 e.